The third kappa shape index (κ3) is 3.33. The lowest BCUT2D eigenvalue weighted by Gasteiger charge is -2.29. The minimum absolute atomic E-state index is 0.0274. The number of Topliss-reactive ketones (excluding diaryl/α,β-unsaturated/α-hetero) is 1. The van der Waals surface area contributed by atoms with E-state index in [0.717, 1.165) is 17.5 Å². The lowest BCUT2D eigenvalue weighted by atomic mass is 9.86. The van der Waals surface area contributed by atoms with Gasteiger partial charge in [0.05, 0.1) is 5.56 Å². The van der Waals surface area contributed by atoms with E-state index in [2.05, 4.69) is 19.2 Å². The Balaban J connectivity index is 1.65. The van der Waals surface area contributed by atoms with Crippen molar-refractivity contribution in [2.75, 3.05) is 6.61 Å². The van der Waals surface area contributed by atoms with Crippen molar-refractivity contribution in [3.8, 4) is 5.75 Å². The molecule has 0 heterocycles. The van der Waals surface area contributed by atoms with Gasteiger partial charge in [0.15, 0.2) is 12.4 Å². The molecule has 0 saturated heterocycles. The molecule has 130 valence electrons. The molecule has 1 N–H and O–H groups in total. The molecular weight excluding hydrogens is 302 g/mol. The maximum Gasteiger partial charge on any atom is 0.258 e. The topological polar surface area (TPSA) is 55.4 Å². The Hall–Kier alpha value is -1.84. The number of ether oxygens (including phenoxy) is 1. The Morgan fingerprint density at radius 1 is 1.25 bits per heavy atom. The molecule has 1 amide bonds. The normalized spacial score (nSPS) is 26.1. The van der Waals surface area contributed by atoms with Crippen LogP contribution in [0, 0.1) is 12.8 Å². The first kappa shape index (κ1) is 17.0. The van der Waals surface area contributed by atoms with Crippen molar-refractivity contribution in [2.45, 2.75) is 64.8 Å². The summed E-state index contributed by atoms with van der Waals surface area (Å²) >= 11 is 0. The Kier molecular flexibility index (Phi) is 4.93. The molecule has 0 bridgehead atoms. The van der Waals surface area contributed by atoms with Gasteiger partial charge in [-0.1, -0.05) is 32.8 Å². The summed E-state index contributed by atoms with van der Waals surface area (Å²) in [5.74, 6) is 1.33. The number of benzene rings is 1. The highest BCUT2D eigenvalue weighted by atomic mass is 16.5. The fourth-order valence-corrected chi connectivity index (χ4v) is 4.15. The lowest BCUT2D eigenvalue weighted by molar-refractivity contribution is -0.124. The Morgan fingerprint density at radius 3 is 2.75 bits per heavy atom. The molecule has 1 aromatic carbocycles. The molecule has 3 atom stereocenters. The molecule has 0 spiro atoms. The van der Waals surface area contributed by atoms with Crippen molar-refractivity contribution in [3.05, 3.63) is 28.8 Å². The first-order valence-corrected chi connectivity index (χ1v) is 9.06. The zero-order chi connectivity index (χ0) is 17.3. The van der Waals surface area contributed by atoms with Crippen LogP contribution in [-0.2, 0) is 4.79 Å². The monoisotopic (exact) mass is 329 g/mol. The van der Waals surface area contributed by atoms with Crippen LogP contribution < -0.4 is 10.1 Å². The highest BCUT2D eigenvalue weighted by Crippen LogP contribution is 2.40. The molecule has 24 heavy (non-hydrogen) atoms. The first-order valence-electron chi connectivity index (χ1n) is 9.06. The van der Waals surface area contributed by atoms with Crippen LogP contribution in [0.1, 0.15) is 73.4 Å². The van der Waals surface area contributed by atoms with E-state index in [4.69, 9.17) is 4.74 Å². The average Bonchev–Trinajstić information content (AvgIpc) is 2.85. The van der Waals surface area contributed by atoms with Crippen LogP contribution in [0.15, 0.2) is 12.1 Å². The molecule has 1 saturated carbocycles. The Labute approximate surface area is 144 Å². The Morgan fingerprint density at radius 2 is 2.00 bits per heavy atom. The number of aryl methyl sites for hydroxylation is 1. The molecule has 1 fully saturated rings. The lowest BCUT2D eigenvalue weighted by Crippen LogP contribution is -2.43. The van der Waals surface area contributed by atoms with Crippen molar-refractivity contribution in [1.29, 1.82) is 0 Å². The minimum Gasteiger partial charge on any atom is -0.483 e. The number of nitrogens with one attached hydrogen (secondary N) is 1. The molecule has 3 rings (SSSR count). The van der Waals surface area contributed by atoms with Gasteiger partial charge in [0.2, 0.25) is 0 Å². The molecule has 2 aliphatic rings. The fraction of sp³-hybridized carbons (Fsp3) is 0.600. The number of hydrogen-bond acceptors (Lipinski definition) is 3. The number of rotatable bonds is 4. The van der Waals surface area contributed by atoms with Crippen molar-refractivity contribution < 1.29 is 14.3 Å². The SMILES string of the molecule is Cc1ccc(OCC(=O)N[C@@H]2CCCC[C@@H]2C)c2c1[C@@H](C)CC2=O. The van der Waals surface area contributed by atoms with Crippen LogP contribution in [0.5, 0.6) is 5.75 Å². The summed E-state index contributed by atoms with van der Waals surface area (Å²) in [6, 6.07) is 4.05. The number of ketones is 1. The second-order valence-electron chi connectivity index (χ2n) is 7.42. The van der Waals surface area contributed by atoms with Crippen LogP contribution in [0.3, 0.4) is 0 Å². The second kappa shape index (κ2) is 6.96. The van der Waals surface area contributed by atoms with Crippen LogP contribution in [0.25, 0.3) is 0 Å². The predicted octanol–water partition coefficient (Wildman–Crippen LogP) is 3.76. The summed E-state index contributed by atoms with van der Waals surface area (Å²) in [4.78, 5) is 24.5. The number of hydrogen-bond donors (Lipinski definition) is 1. The molecule has 2 aliphatic carbocycles. The van der Waals surface area contributed by atoms with E-state index in [9.17, 15) is 9.59 Å². The highest BCUT2D eigenvalue weighted by Gasteiger charge is 2.31. The molecular formula is C20H27NO3. The number of carbonyl (C=O) groups is 2. The third-order valence-corrected chi connectivity index (χ3v) is 5.51. The zero-order valence-corrected chi connectivity index (χ0v) is 14.9. The minimum atomic E-state index is -0.0958. The van der Waals surface area contributed by atoms with Gasteiger partial charge in [-0.25, -0.2) is 0 Å². The second-order valence-corrected chi connectivity index (χ2v) is 7.42. The van der Waals surface area contributed by atoms with Crippen LogP contribution >= 0.6 is 0 Å². The molecule has 4 heteroatoms. The zero-order valence-electron chi connectivity index (χ0n) is 14.9. The van der Waals surface area contributed by atoms with Crippen molar-refractivity contribution in [2.24, 2.45) is 5.92 Å². The molecule has 0 unspecified atom stereocenters. The van der Waals surface area contributed by atoms with Crippen LogP contribution in [-0.4, -0.2) is 24.3 Å². The van der Waals surface area contributed by atoms with Gasteiger partial charge in [0.1, 0.15) is 5.75 Å². The molecule has 1 aromatic rings. The van der Waals surface area contributed by atoms with E-state index in [1.807, 2.05) is 19.1 Å². The van der Waals surface area contributed by atoms with Gasteiger partial charge in [-0.05, 0) is 48.8 Å². The average molecular weight is 329 g/mol. The molecule has 4 nitrogen and oxygen atoms in total. The summed E-state index contributed by atoms with van der Waals surface area (Å²) < 4.78 is 5.73. The summed E-state index contributed by atoms with van der Waals surface area (Å²) in [7, 11) is 0. The number of fused-ring (bicyclic) bond motifs is 1. The standard InChI is InChI=1S/C20H27NO3/c1-12-6-4-5-7-15(12)21-18(23)11-24-17-9-8-13(2)19-14(3)10-16(22)20(17)19/h8-9,12,14-15H,4-7,10-11H2,1-3H3,(H,21,23)/t12-,14-,15+/m0/s1. The van der Waals surface area contributed by atoms with Crippen LogP contribution in [0.2, 0.25) is 0 Å². The van der Waals surface area contributed by atoms with E-state index in [-0.39, 0.29) is 30.3 Å². The van der Waals surface area contributed by atoms with Gasteiger partial charge in [-0.2, -0.15) is 0 Å². The van der Waals surface area contributed by atoms with Gasteiger partial charge >= 0.3 is 0 Å². The number of amides is 1. The molecule has 0 aromatic heterocycles. The highest BCUT2D eigenvalue weighted by molar-refractivity contribution is 6.04. The van der Waals surface area contributed by atoms with Crippen molar-refractivity contribution in [1.82, 2.24) is 5.32 Å². The summed E-state index contributed by atoms with van der Waals surface area (Å²) in [5, 5.41) is 3.09. The van der Waals surface area contributed by atoms with Crippen molar-refractivity contribution in [3.63, 3.8) is 0 Å². The van der Waals surface area contributed by atoms with E-state index in [1.165, 1.54) is 19.3 Å². The Bertz CT molecular complexity index is 653. The van der Waals surface area contributed by atoms with Crippen LogP contribution in [0.4, 0.5) is 0 Å². The van der Waals surface area contributed by atoms with E-state index >= 15 is 0 Å². The van der Waals surface area contributed by atoms with Gasteiger partial charge < -0.3 is 10.1 Å². The largest absolute Gasteiger partial charge is 0.483 e. The first-order chi connectivity index (χ1) is 11.5. The van der Waals surface area contributed by atoms with E-state index < -0.39 is 0 Å². The predicted molar refractivity (Wildman–Crippen MR) is 93.6 cm³/mol. The maximum atomic E-state index is 12.3. The molecule has 0 aliphatic heterocycles. The maximum absolute atomic E-state index is 12.3. The van der Waals surface area contributed by atoms with E-state index in [0.29, 0.717) is 23.7 Å². The van der Waals surface area contributed by atoms with Gasteiger partial charge in [0, 0.05) is 12.5 Å². The molecule has 0 radical (unpaired) electrons. The summed E-state index contributed by atoms with van der Waals surface area (Å²) in [6.07, 6.45) is 5.17. The summed E-state index contributed by atoms with van der Waals surface area (Å²) in [6.45, 7) is 6.25. The third-order valence-electron chi connectivity index (χ3n) is 5.51. The number of carbonyl (C=O) groups excluding carboxylic acids is 2. The smallest absolute Gasteiger partial charge is 0.258 e. The fourth-order valence-electron chi connectivity index (χ4n) is 4.15. The van der Waals surface area contributed by atoms with Crippen molar-refractivity contribution >= 4 is 11.7 Å². The quantitative estimate of drug-likeness (QED) is 0.915. The summed E-state index contributed by atoms with van der Waals surface area (Å²) in [5.41, 5.74) is 2.89. The van der Waals surface area contributed by atoms with E-state index in [1.54, 1.807) is 0 Å². The van der Waals surface area contributed by atoms with Gasteiger partial charge in [-0.3, -0.25) is 9.59 Å². The van der Waals surface area contributed by atoms with Gasteiger partial charge in [0.25, 0.3) is 5.91 Å². The van der Waals surface area contributed by atoms with Gasteiger partial charge in [-0.15, -0.1) is 0 Å².